The SMILES string of the molecule is CO[C@H]1CC2C=C[C@H]3[C@H]4O[C@]2(/C(C)=C/[C@@H](C)[C@@H]([C@@H](C)O)OC1=O)[C@@H]3[C@H](OC(N)=O)[C@@H](C)[C@H]4OC(=O)C1=CC=CC1. The van der Waals surface area contributed by atoms with Crippen molar-refractivity contribution >= 4 is 18.0 Å². The van der Waals surface area contributed by atoms with Crippen molar-refractivity contribution in [1.29, 1.82) is 0 Å². The van der Waals surface area contributed by atoms with E-state index in [4.69, 9.17) is 29.4 Å². The largest absolute Gasteiger partial charge is 0.457 e. The summed E-state index contributed by atoms with van der Waals surface area (Å²) in [6.07, 6.45) is 6.62. The van der Waals surface area contributed by atoms with E-state index in [1.165, 1.54) is 7.11 Å². The summed E-state index contributed by atoms with van der Waals surface area (Å²) in [5, 5.41) is 10.5. The minimum atomic E-state index is -1.01. The molecule has 1 saturated heterocycles. The van der Waals surface area contributed by atoms with Gasteiger partial charge in [-0.2, -0.15) is 0 Å². The Bertz CT molecular complexity index is 1170. The number of methoxy groups -OCH3 is 1. The highest BCUT2D eigenvalue weighted by Crippen LogP contribution is 2.61. The zero-order valence-electron chi connectivity index (χ0n) is 23.5. The van der Waals surface area contributed by atoms with Crippen molar-refractivity contribution in [2.45, 2.75) is 82.8 Å². The average Bonchev–Trinajstić information content (AvgIpc) is 3.49. The third kappa shape index (κ3) is 4.59. The predicted octanol–water partition coefficient (Wildman–Crippen LogP) is 2.75. The molecule has 2 fully saturated rings. The molecule has 5 rings (SSSR count). The molecule has 5 aliphatic rings. The molecular weight excluding hydrogens is 518 g/mol. The number of amides is 1. The number of aliphatic hydroxyl groups is 1. The molecule has 1 amide bonds. The summed E-state index contributed by atoms with van der Waals surface area (Å²) in [5.41, 5.74) is 5.96. The van der Waals surface area contributed by atoms with Crippen LogP contribution in [-0.4, -0.2) is 72.5 Å². The fourth-order valence-electron chi connectivity index (χ4n) is 7.59. The lowest BCUT2D eigenvalue weighted by Crippen LogP contribution is -2.58. The van der Waals surface area contributed by atoms with Gasteiger partial charge in [0.25, 0.3) is 0 Å². The van der Waals surface area contributed by atoms with Crippen LogP contribution in [0, 0.1) is 29.6 Å². The summed E-state index contributed by atoms with van der Waals surface area (Å²) in [5.74, 6) is -2.75. The van der Waals surface area contributed by atoms with Gasteiger partial charge in [-0.1, -0.05) is 50.3 Å². The molecule has 10 heteroatoms. The molecule has 40 heavy (non-hydrogen) atoms. The lowest BCUT2D eigenvalue weighted by atomic mass is 9.57. The highest BCUT2D eigenvalue weighted by atomic mass is 16.6. The van der Waals surface area contributed by atoms with Crippen LogP contribution in [0.4, 0.5) is 4.79 Å². The Kier molecular flexibility index (Phi) is 7.71. The van der Waals surface area contributed by atoms with Gasteiger partial charge in [0.15, 0.2) is 6.10 Å². The van der Waals surface area contributed by atoms with Crippen molar-refractivity contribution in [3.63, 3.8) is 0 Å². The van der Waals surface area contributed by atoms with E-state index in [0.29, 0.717) is 12.0 Å². The summed E-state index contributed by atoms with van der Waals surface area (Å²) in [4.78, 5) is 38.5. The first-order valence-corrected chi connectivity index (χ1v) is 14.0. The summed E-state index contributed by atoms with van der Waals surface area (Å²) >= 11 is 0. The molecule has 218 valence electrons. The van der Waals surface area contributed by atoms with Crippen molar-refractivity contribution < 1.29 is 43.2 Å². The number of allylic oxidation sites excluding steroid dienone is 3. The number of hydrogen-bond donors (Lipinski definition) is 2. The second-order valence-electron chi connectivity index (χ2n) is 11.7. The molecule has 4 bridgehead atoms. The van der Waals surface area contributed by atoms with Crippen molar-refractivity contribution in [2.24, 2.45) is 35.3 Å². The van der Waals surface area contributed by atoms with Gasteiger partial charge in [0.05, 0.1) is 6.10 Å². The number of carbonyl (C=O) groups is 3. The van der Waals surface area contributed by atoms with Crippen LogP contribution in [0.2, 0.25) is 0 Å². The molecule has 2 heterocycles. The van der Waals surface area contributed by atoms with E-state index < -0.39 is 66.2 Å². The van der Waals surface area contributed by atoms with Crippen molar-refractivity contribution in [3.05, 3.63) is 47.6 Å². The second-order valence-corrected chi connectivity index (χ2v) is 11.7. The summed E-state index contributed by atoms with van der Waals surface area (Å²) in [6.45, 7) is 7.28. The van der Waals surface area contributed by atoms with Crippen LogP contribution in [0.3, 0.4) is 0 Å². The molecule has 12 atom stereocenters. The maximum absolute atomic E-state index is 13.2. The molecule has 1 spiro atoms. The molecular formula is C30H39NO9. The number of hydrogen-bond acceptors (Lipinski definition) is 9. The number of primary amides is 1. The minimum Gasteiger partial charge on any atom is -0.457 e. The number of aliphatic hydroxyl groups excluding tert-OH is 1. The minimum absolute atomic E-state index is 0.231. The van der Waals surface area contributed by atoms with E-state index in [0.717, 1.165) is 5.57 Å². The Balaban J connectivity index is 1.62. The molecule has 0 aromatic heterocycles. The van der Waals surface area contributed by atoms with Crippen molar-refractivity contribution in [2.75, 3.05) is 7.11 Å². The monoisotopic (exact) mass is 557 g/mol. The van der Waals surface area contributed by atoms with E-state index in [-0.39, 0.29) is 30.1 Å². The molecule has 2 aliphatic heterocycles. The van der Waals surface area contributed by atoms with E-state index in [1.54, 1.807) is 13.0 Å². The van der Waals surface area contributed by atoms with E-state index in [2.05, 4.69) is 0 Å². The summed E-state index contributed by atoms with van der Waals surface area (Å²) in [7, 11) is 1.44. The fourth-order valence-corrected chi connectivity index (χ4v) is 7.59. The topological polar surface area (TPSA) is 144 Å². The highest BCUT2D eigenvalue weighted by molar-refractivity contribution is 5.90. The average molecular weight is 558 g/mol. The van der Waals surface area contributed by atoms with E-state index >= 15 is 0 Å². The van der Waals surface area contributed by atoms with Crippen LogP contribution in [0.5, 0.6) is 0 Å². The zero-order valence-corrected chi connectivity index (χ0v) is 23.5. The van der Waals surface area contributed by atoms with Crippen LogP contribution in [0.15, 0.2) is 47.6 Å². The first-order chi connectivity index (χ1) is 19.0. The molecule has 0 aromatic rings. The molecule has 1 saturated carbocycles. The van der Waals surface area contributed by atoms with Crippen LogP contribution < -0.4 is 5.73 Å². The van der Waals surface area contributed by atoms with Gasteiger partial charge >= 0.3 is 18.0 Å². The maximum Gasteiger partial charge on any atom is 0.404 e. The number of esters is 2. The Morgan fingerprint density at radius 3 is 2.58 bits per heavy atom. The van der Waals surface area contributed by atoms with E-state index in [9.17, 15) is 19.5 Å². The summed E-state index contributed by atoms with van der Waals surface area (Å²) in [6, 6.07) is 0. The van der Waals surface area contributed by atoms with Crippen LogP contribution >= 0.6 is 0 Å². The number of rotatable bonds is 5. The molecule has 3 aliphatic carbocycles. The Hall–Kier alpha value is -2.95. The first-order valence-electron chi connectivity index (χ1n) is 14.0. The van der Waals surface area contributed by atoms with E-state index in [1.807, 2.05) is 51.2 Å². The Morgan fingerprint density at radius 2 is 1.95 bits per heavy atom. The van der Waals surface area contributed by atoms with Crippen LogP contribution in [0.25, 0.3) is 0 Å². The quantitative estimate of drug-likeness (QED) is 0.296. The number of cyclic esters (lactones) is 1. The predicted molar refractivity (Wildman–Crippen MR) is 142 cm³/mol. The smallest absolute Gasteiger partial charge is 0.404 e. The summed E-state index contributed by atoms with van der Waals surface area (Å²) < 4.78 is 30.2. The number of ether oxygens (including phenoxy) is 5. The molecule has 0 radical (unpaired) electrons. The van der Waals surface area contributed by atoms with Gasteiger partial charge in [-0.3, -0.25) is 0 Å². The van der Waals surface area contributed by atoms with Crippen LogP contribution in [0.1, 0.15) is 40.5 Å². The lowest BCUT2D eigenvalue weighted by Gasteiger charge is -2.49. The third-order valence-corrected chi connectivity index (χ3v) is 9.37. The number of carbonyl (C=O) groups excluding carboxylic acids is 3. The highest BCUT2D eigenvalue weighted by Gasteiger charge is 2.70. The number of nitrogens with two attached hydrogens (primary N) is 1. The Labute approximate surface area is 234 Å². The van der Waals surface area contributed by atoms with Gasteiger partial charge < -0.3 is 34.5 Å². The van der Waals surface area contributed by atoms with Gasteiger partial charge in [-0.05, 0) is 32.3 Å². The van der Waals surface area contributed by atoms with Gasteiger partial charge in [0.2, 0.25) is 0 Å². The van der Waals surface area contributed by atoms with Gasteiger partial charge in [0.1, 0.15) is 30.0 Å². The molecule has 3 N–H and O–H groups in total. The Morgan fingerprint density at radius 1 is 1.20 bits per heavy atom. The van der Waals surface area contributed by atoms with Gasteiger partial charge in [-0.25, -0.2) is 14.4 Å². The fraction of sp³-hybridized carbons (Fsp3) is 0.633. The molecule has 0 aromatic carbocycles. The van der Waals surface area contributed by atoms with Crippen molar-refractivity contribution in [1.82, 2.24) is 0 Å². The maximum atomic E-state index is 13.2. The van der Waals surface area contributed by atoms with Crippen molar-refractivity contribution in [3.8, 4) is 0 Å². The zero-order chi connectivity index (χ0) is 28.9. The standard InChI is InChI=1S/C30H39NO9/c1-14-12-15(2)30-19(13-21(36-5)28(34)37-23(14)17(4)32)10-11-20-22(30)24(39-29(31)35)16(3)25(26(20)40-30)38-27(33)18-8-6-7-9-18/h6-8,10-12,14,16-17,19-26,32H,9,13H2,1-5H3,(H2,31,35)/b15-12+/t14-,16-,17-,19?,20-,21+,22+,23+,24-,25-,26-,30+/m1/s1. The first kappa shape index (κ1) is 28.6. The normalized spacial score (nSPS) is 44.0. The second kappa shape index (κ2) is 10.8. The molecule has 10 nitrogen and oxygen atoms in total. The third-order valence-electron chi connectivity index (χ3n) is 9.37. The van der Waals surface area contributed by atoms with Crippen LogP contribution in [-0.2, 0) is 33.3 Å². The van der Waals surface area contributed by atoms with Gasteiger partial charge in [0, 0.05) is 42.3 Å². The lowest BCUT2D eigenvalue weighted by molar-refractivity contribution is -0.173. The molecule has 1 unspecified atom stereocenters. The van der Waals surface area contributed by atoms with Gasteiger partial charge in [-0.15, -0.1) is 0 Å².